The molecule has 0 unspecified atom stereocenters. The van der Waals surface area contributed by atoms with Gasteiger partial charge in [-0.15, -0.1) is 11.8 Å². The van der Waals surface area contributed by atoms with Crippen molar-refractivity contribution in [2.75, 3.05) is 42.3 Å². The fourth-order valence-electron chi connectivity index (χ4n) is 5.08. The Hall–Kier alpha value is -2.96. The summed E-state index contributed by atoms with van der Waals surface area (Å²) in [6.45, 7) is 4.50. The van der Waals surface area contributed by atoms with Crippen LogP contribution in [0.1, 0.15) is 0 Å². The average Bonchev–Trinajstić information content (AvgIpc) is 2.85. The molecule has 2 aromatic carbocycles. The molecule has 0 spiro atoms. The van der Waals surface area contributed by atoms with E-state index in [2.05, 4.69) is 11.6 Å². The quantitative estimate of drug-likeness (QED) is 0.427. The van der Waals surface area contributed by atoms with Crippen molar-refractivity contribution in [2.45, 2.75) is 17.5 Å². The molecule has 5 rings (SSSR count). The maximum atomic E-state index is 14.8. The molecule has 1 saturated heterocycles. The minimum Gasteiger partial charge on any atom is -0.352 e. The lowest BCUT2D eigenvalue weighted by molar-refractivity contribution is -0.128. The third kappa shape index (κ3) is 4.80. The molecule has 1 atom stereocenters. The topological polar surface area (TPSA) is 92.6 Å². The summed E-state index contributed by atoms with van der Waals surface area (Å²) in [5.41, 5.74) is 0.502. The third-order valence-corrected chi connectivity index (χ3v) is 9.01. The SMILES string of the molecule is C=CC(=O)N1CCN(c2nc(=O)n3c4c(c(-c5ccc(F)cc5F)c(Cl)cc24)SCC3)C[C@H]1CS(C)(=O)=O. The summed E-state index contributed by atoms with van der Waals surface area (Å²) in [6, 6.07) is 4.17. The van der Waals surface area contributed by atoms with Gasteiger partial charge in [-0.05, 0) is 24.3 Å². The second-order valence-electron chi connectivity index (χ2n) is 9.23. The van der Waals surface area contributed by atoms with Crippen molar-refractivity contribution < 1.29 is 22.0 Å². The van der Waals surface area contributed by atoms with E-state index in [0.717, 1.165) is 24.5 Å². The lowest BCUT2D eigenvalue weighted by Crippen LogP contribution is -2.57. The summed E-state index contributed by atoms with van der Waals surface area (Å²) in [7, 11) is -3.44. The number of carbonyl (C=O) groups is 1. The number of nitrogens with zero attached hydrogens (tertiary/aromatic N) is 4. The second kappa shape index (κ2) is 9.97. The van der Waals surface area contributed by atoms with Gasteiger partial charge in [0.2, 0.25) is 5.91 Å². The van der Waals surface area contributed by atoms with Crippen LogP contribution in [0.3, 0.4) is 0 Å². The molecule has 2 aliphatic rings. The molecule has 1 fully saturated rings. The minimum absolute atomic E-state index is 0.116. The Morgan fingerprint density at radius 3 is 2.71 bits per heavy atom. The van der Waals surface area contributed by atoms with Gasteiger partial charge in [-0.2, -0.15) is 4.98 Å². The van der Waals surface area contributed by atoms with Gasteiger partial charge in [-0.3, -0.25) is 9.36 Å². The standard InChI is InChI=1S/C25H23ClF2N4O4S2/c1-3-20(33)31-7-6-30(12-15(31)13-38(2,35)36)24-17-11-18(26)21(16-5-4-14(27)10-19(16)28)23-22(17)32(8-9-37-23)25(34)29-24/h3-5,10-11,15H,1,6-9,12-13H2,2H3/t15-/m0/s1. The van der Waals surface area contributed by atoms with E-state index in [1.165, 1.54) is 27.3 Å². The van der Waals surface area contributed by atoms with Crippen LogP contribution < -0.4 is 10.6 Å². The number of aryl methyl sites for hydroxylation is 1. The summed E-state index contributed by atoms with van der Waals surface area (Å²) in [4.78, 5) is 33.8. The van der Waals surface area contributed by atoms with Gasteiger partial charge in [0, 0.05) is 65.7 Å². The molecule has 38 heavy (non-hydrogen) atoms. The number of benzene rings is 2. The van der Waals surface area contributed by atoms with Gasteiger partial charge < -0.3 is 9.80 Å². The first-order chi connectivity index (χ1) is 18.0. The van der Waals surface area contributed by atoms with E-state index in [-0.39, 0.29) is 35.3 Å². The van der Waals surface area contributed by atoms with Crippen LogP contribution in [0.4, 0.5) is 14.6 Å². The van der Waals surface area contributed by atoms with Gasteiger partial charge in [-0.25, -0.2) is 22.0 Å². The zero-order valence-electron chi connectivity index (χ0n) is 20.3. The van der Waals surface area contributed by atoms with Crippen molar-refractivity contribution in [1.82, 2.24) is 14.5 Å². The van der Waals surface area contributed by atoms with Crippen LogP contribution in [0.5, 0.6) is 0 Å². The molecule has 1 amide bonds. The number of amides is 1. The largest absolute Gasteiger partial charge is 0.352 e. The Balaban J connectivity index is 1.68. The van der Waals surface area contributed by atoms with Crippen LogP contribution in [0, 0.1) is 11.6 Å². The van der Waals surface area contributed by atoms with Gasteiger partial charge in [0.05, 0.1) is 22.3 Å². The minimum atomic E-state index is -3.44. The number of thioether (sulfide) groups is 1. The zero-order chi connectivity index (χ0) is 27.4. The summed E-state index contributed by atoms with van der Waals surface area (Å²) >= 11 is 8.12. The predicted octanol–water partition coefficient (Wildman–Crippen LogP) is 3.35. The third-order valence-electron chi connectivity index (χ3n) is 6.65. The van der Waals surface area contributed by atoms with E-state index in [9.17, 15) is 26.8 Å². The molecule has 200 valence electrons. The first-order valence-electron chi connectivity index (χ1n) is 11.7. The maximum Gasteiger partial charge on any atom is 0.350 e. The summed E-state index contributed by atoms with van der Waals surface area (Å²) in [5, 5.41) is 0.749. The Labute approximate surface area is 226 Å². The highest BCUT2D eigenvalue weighted by molar-refractivity contribution is 7.99. The number of piperazine rings is 1. The van der Waals surface area contributed by atoms with Crippen LogP contribution >= 0.6 is 23.4 Å². The second-order valence-corrected chi connectivity index (χ2v) is 12.9. The zero-order valence-corrected chi connectivity index (χ0v) is 22.7. The van der Waals surface area contributed by atoms with E-state index >= 15 is 0 Å². The molecule has 8 nitrogen and oxygen atoms in total. The molecule has 0 aliphatic carbocycles. The highest BCUT2D eigenvalue weighted by Gasteiger charge is 2.34. The number of anilines is 1. The van der Waals surface area contributed by atoms with Crippen molar-refractivity contribution >= 4 is 55.8 Å². The highest BCUT2D eigenvalue weighted by atomic mass is 35.5. The van der Waals surface area contributed by atoms with Crippen LogP contribution in [0.15, 0.2) is 46.6 Å². The fraction of sp³-hybridized carbons (Fsp3) is 0.320. The Morgan fingerprint density at radius 2 is 2.03 bits per heavy atom. The highest BCUT2D eigenvalue weighted by Crippen LogP contribution is 2.46. The maximum absolute atomic E-state index is 14.8. The number of hydrogen-bond acceptors (Lipinski definition) is 7. The fourth-order valence-corrected chi connectivity index (χ4v) is 7.62. The number of halogens is 3. The van der Waals surface area contributed by atoms with E-state index in [0.29, 0.717) is 46.0 Å². The van der Waals surface area contributed by atoms with E-state index in [1.807, 2.05) is 0 Å². The molecule has 1 aromatic heterocycles. The van der Waals surface area contributed by atoms with Crippen LogP contribution in [0.25, 0.3) is 22.0 Å². The van der Waals surface area contributed by atoms with Gasteiger partial charge in [0.1, 0.15) is 27.3 Å². The van der Waals surface area contributed by atoms with Gasteiger partial charge in [0.15, 0.2) is 0 Å². The monoisotopic (exact) mass is 580 g/mol. The van der Waals surface area contributed by atoms with E-state index in [4.69, 9.17) is 11.6 Å². The van der Waals surface area contributed by atoms with E-state index < -0.39 is 33.2 Å². The Bertz CT molecular complexity index is 1660. The molecule has 0 N–H and O–H groups in total. The van der Waals surface area contributed by atoms with E-state index in [1.54, 1.807) is 11.0 Å². The number of aromatic nitrogens is 2. The molecule has 0 bridgehead atoms. The Morgan fingerprint density at radius 1 is 1.26 bits per heavy atom. The van der Waals surface area contributed by atoms with Crippen LogP contribution in [-0.4, -0.2) is 72.2 Å². The normalized spacial score (nSPS) is 17.6. The molecular formula is C25H23ClF2N4O4S2. The number of rotatable bonds is 5. The average molecular weight is 581 g/mol. The molecular weight excluding hydrogens is 558 g/mol. The van der Waals surface area contributed by atoms with Crippen LogP contribution in [-0.2, 0) is 21.2 Å². The molecule has 13 heteroatoms. The van der Waals surface area contributed by atoms with Crippen molar-refractivity contribution in [3.05, 3.63) is 64.1 Å². The number of hydrogen-bond donors (Lipinski definition) is 0. The summed E-state index contributed by atoms with van der Waals surface area (Å²) < 4.78 is 54.2. The summed E-state index contributed by atoms with van der Waals surface area (Å²) in [5.74, 6) is -1.31. The van der Waals surface area contributed by atoms with Gasteiger partial charge in [0.25, 0.3) is 0 Å². The van der Waals surface area contributed by atoms with Crippen molar-refractivity contribution in [2.24, 2.45) is 0 Å². The number of sulfone groups is 1. The smallest absolute Gasteiger partial charge is 0.350 e. The molecule has 0 radical (unpaired) electrons. The van der Waals surface area contributed by atoms with Crippen molar-refractivity contribution in [3.63, 3.8) is 0 Å². The molecule has 3 aromatic rings. The van der Waals surface area contributed by atoms with Crippen LogP contribution in [0.2, 0.25) is 5.02 Å². The van der Waals surface area contributed by atoms with Gasteiger partial charge >= 0.3 is 5.69 Å². The summed E-state index contributed by atoms with van der Waals surface area (Å²) in [6.07, 6.45) is 2.24. The molecule has 0 saturated carbocycles. The van der Waals surface area contributed by atoms with Gasteiger partial charge in [-0.1, -0.05) is 18.2 Å². The predicted molar refractivity (Wildman–Crippen MR) is 145 cm³/mol. The van der Waals surface area contributed by atoms with Crippen molar-refractivity contribution in [3.8, 4) is 11.1 Å². The number of carbonyl (C=O) groups excluding carboxylic acids is 1. The molecule has 2 aliphatic heterocycles. The first-order valence-corrected chi connectivity index (χ1v) is 15.1. The lowest BCUT2D eigenvalue weighted by Gasteiger charge is -2.41. The first kappa shape index (κ1) is 26.6. The molecule has 3 heterocycles. The van der Waals surface area contributed by atoms with Crippen molar-refractivity contribution in [1.29, 1.82) is 0 Å². The Kier molecular flexibility index (Phi) is 6.99. The lowest BCUT2D eigenvalue weighted by atomic mass is 10.0.